The minimum atomic E-state index is -0.700. The highest BCUT2D eigenvalue weighted by molar-refractivity contribution is 7.80. The molecule has 1 N–H and O–H groups in total. The van der Waals surface area contributed by atoms with Gasteiger partial charge in [-0.05, 0) is 66.3 Å². The molecule has 0 aliphatic carbocycles. The van der Waals surface area contributed by atoms with Gasteiger partial charge in [0.1, 0.15) is 17.1 Å². The molecule has 0 radical (unpaired) electrons. The summed E-state index contributed by atoms with van der Waals surface area (Å²) in [5.41, 5.74) is 0.187. The van der Waals surface area contributed by atoms with Crippen LogP contribution >= 0.6 is 12.2 Å². The Morgan fingerprint density at radius 1 is 1.00 bits per heavy atom. The van der Waals surface area contributed by atoms with E-state index in [0.717, 1.165) is 0 Å². The van der Waals surface area contributed by atoms with Gasteiger partial charge in [0.15, 0.2) is 10.9 Å². The van der Waals surface area contributed by atoms with Gasteiger partial charge in [0.05, 0.1) is 17.7 Å². The van der Waals surface area contributed by atoms with Gasteiger partial charge in [-0.25, -0.2) is 0 Å². The smallest absolute Gasteiger partial charge is 0.311 e. The van der Waals surface area contributed by atoms with Gasteiger partial charge in [0.2, 0.25) is 0 Å². The molecule has 0 bridgehead atoms. The highest BCUT2D eigenvalue weighted by atomic mass is 32.1. The largest absolute Gasteiger partial charge is 0.490 e. The fraction of sp³-hybridized carbons (Fsp3) is 0.0417. The van der Waals surface area contributed by atoms with Gasteiger partial charge in [-0.3, -0.25) is 29.9 Å². The van der Waals surface area contributed by atoms with Gasteiger partial charge in [0.25, 0.3) is 11.8 Å². The maximum absolute atomic E-state index is 13.2. The molecular formula is C24H17N3O6S. The van der Waals surface area contributed by atoms with Gasteiger partial charge in [-0.1, -0.05) is 24.3 Å². The van der Waals surface area contributed by atoms with Crippen molar-refractivity contribution >= 4 is 46.6 Å². The number of nitrogens with one attached hydrogen (secondary N) is 1. The third-order valence-corrected chi connectivity index (χ3v) is 5.17. The Balaban J connectivity index is 1.62. The van der Waals surface area contributed by atoms with Crippen molar-refractivity contribution in [1.82, 2.24) is 5.32 Å². The van der Waals surface area contributed by atoms with Crippen LogP contribution in [0, 0.1) is 10.1 Å². The Kier molecular flexibility index (Phi) is 6.33. The van der Waals surface area contributed by atoms with Crippen LogP contribution in [0.1, 0.15) is 5.56 Å². The molecule has 3 aromatic rings. The molecule has 170 valence electrons. The van der Waals surface area contributed by atoms with E-state index in [1.54, 1.807) is 24.3 Å². The highest BCUT2D eigenvalue weighted by Crippen LogP contribution is 2.30. The minimum Gasteiger partial charge on any atom is -0.490 e. The lowest BCUT2D eigenvalue weighted by Gasteiger charge is -2.29. The molecule has 1 aliphatic rings. The van der Waals surface area contributed by atoms with Gasteiger partial charge in [-0.2, -0.15) is 0 Å². The highest BCUT2D eigenvalue weighted by Gasteiger charge is 2.34. The summed E-state index contributed by atoms with van der Waals surface area (Å²) in [5.74, 6) is -0.0913. The number of amides is 2. The van der Waals surface area contributed by atoms with Crippen molar-refractivity contribution < 1.29 is 24.0 Å². The van der Waals surface area contributed by atoms with Crippen LogP contribution in [-0.2, 0) is 9.59 Å². The fourth-order valence-electron chi connectivity index (χ4n) is 3.29. The first-order chi connectivity index (χ1) is 16.4. The number of methoxy groups -OCH3 is 1. The number of rotatable bonds is 6. The van der Waals surface area contributed by atoms with Crippen molar-refractivity contribution in [3.05, 3.63) is 94.0 Å². The zero-order valence-corrected chi connectivity index (χ0v) is 18.6. The average Bonchev–Trinajstić information content (AvgIpc) is 2.83. The van der Waals surface area contributed by atoms with E-state index in [1.165, 1.54) is 36.3 Å². The van der Waals surface area contributed by atoms with E-state index in [4.69, 9.17) is 21.7 Å². The van der Waals surface area contributed by atoms with E-state index >= 15 is 0 Å². The summed E-state index contributed by atoms with van der Waals surface area (Å²) in [7, 11) is 1.31. The normalized spacial score (nSPS) is 14.7. The van der Waals surface area contributed by atoms with E-state index in [-0.39, 0.29) is 27.7 Å². The second-order valence-corrected chi connectivity index (χ2v) is 7.44. The Hall–Kier alpha value is -4.57. The van der Waals surface area contributed by atoms with E-state index in [1.807, 2.05) is 30.3 Å². The summed E-state index contributed by atoms with van der Waals surface area (Å²) >= 11 is 5.22. The quantitative estimate of drug-likeness (QED) is 0.187. The van der Waals surface area contributed by atoms with Gasteiger partial charge < -0.3 is 9.47 Å². The van der Waals surface area contributed by atoms with Crippen molar-refractivity contribution in [2.75, 3.05) is 12.0 Å². The SMILES string of the molecule is COc1ccc(C=C2C(=O)NC(=S)N(c3ccc(Oc4ccccc4)cc3)C2=O)cc1[N+](=O)[O-]. The number of nitro groups is 1. The molecule has 34 heavy (non-hydrogen) atoms. The molecule has 1 heterocycles. The van der Waals surface area contributed by atoms with Gasteiger partial charge >= 0.3 is 5.69 Å². The first-order valence-electron chi connectivity index (χ1n) is 9.94. The van der Waals surface area contributed by atoms with Crippen LogP contribution in [0.3, 0.4) is 0 Å². The van der Waals surface area contributed by atoms with E-state index < -0.39 is 16.7 Å². The van der Waals surface area contributed by atoms with Crippen LogP contribution in [0.2, 0.25) is 0 Å². The summed E-state index contributed by atoms with van der Waals surface area (Å²) < 4.78 is 10.7. The predicted octanol–water partition coefficient (Wildman–Crippen LogP) is 4.23. The van der Waals surface area contributed by atoms with E-state index in [0.29, 0.717) is 17.2 Å². The topological polar surface area (TPSA) is 111 Å². The van der Waals surface area contributed by atoms with Gasteiger partial charge in [-0.15, -0.1) is 0 Å². The number of carbonyl (C=O) groups excluding carboxylic acids is 2. The lowest BCUT2D eigenvalue weighted by atomic mass is 10.1. The molecular weight excluding hydrogens is 458 g/mol. The van der Waals surface area contributed by atoms with E-state index in [2.05, 4.69) is 5.32 Å². The summed E-state index contributed by atoms with van der Waals surface area (Å²) in [6.07, 6.45) is 1.27. The molecule has 0 atom stereocenters. The number of nitro benzene ring substituents is 1. The monoisotopic (exact) mass is 475 g/mol. The molecule has 0 unspecified atom stereocenters. The van der Waals surface area contributed by atoms with Gasteiger partial charge in [0, 0.05) is 6.07 Å². The van der Waals surface area contributed by atoms with E-state index in [9.17, 15) is 19.7 Å². The molecule has 1 saturated heterocycles. The lowest BCUT2D eigenvalue weighted by Crippen LogP contribution is -2.54. The Bertz CT molecular complexity index is 1320. The Morgan fingerprint density at radius 3 is 2.32 bits per heavy atom. The van der Waals surface area contributed by atoms with Crippen LogP contribution in [0.15, 0.2) is 78.4 Å². The first-order valence-corrected chi connectivity index (χ1v) is 10.3. The van der Waals surface area contributed by atoms with Crippen molar-refractivity contribution in [2.24, 2.45) is 0 Å². The zero-order valence-electron chi connectivity index (χ0n) is 17.8. The summed E-state index contributed by atoms with van der Waals surface area (Å²) in [5, 5.41) is 13.7. The lowest BCUT2D eigenvalue weighted by molar-refractivity contribution is -0.385. The third-order valence-electron chi connectivity index (χ3n) is 4.89. The van der Waals surface area contributed by atoms with Crippen molar-refractivity contribution in [3.63, 3.8) is 0 Å². The Labute approximate surface area is 199 Å². The van der Waals surface area contributed by atoms with Crippen LogP contribution < -0.4 is 19.7 Å². The number of carbonyl (C=O) groups is 2. The number of nitrogens with zero attached hydrogens (tertiary/aromatic N) is 2. The number of para-hydroxylation sites is 1. The average molecular weight is 475 g/mol. The second-order valence-electron chi connectivity index (χ2n) is 7.06. The number of anilines is 1. The predicted molar refractivity (Wildman–Crippen MR) is 129 cm³/mol. The van der Waals surface area contributed by atoms with Crippen LogP contribution in [0.4, 0.5) is 11.4 Å². The number of ether oxygens (including phenoxy) is 2. The Morgan fingerprint density at radius 2 is 1.68 bits per heavy atom. The molecule has 4 rings (SSSR count). The molecule has 9 nitrogen and oxygen atoms in total. The van der Waals surface area contributed by atoms with Crippen molar-refractivity contribution in [1.29, 1.82) is 0 Å². The molecule has 0 aromatic heterocycles. The molecule has 0 spiro atoms. The molecule has 3 aromatic carbocycles. The number of hydrogen-bond acceptors (Lipinski definition) is 7. The maximum atomic E-state index is 13.2. The zero-order chi connectivity index (χ0) is 24.2. The minimum absolute atomic E-state index is 0.0622. The summed E-state index contributed by atoms with van der Waals surface area (Å²) in [6.45, 7) is 0. The first kappa shape index (κ1) is 22.6. The number of thiocarbonyl (C=S) groups is 1. The molecule has 10 heteroatoms. The maximum Gasteiger partial charge on any atom is 0.311 e. The van der Waals surface area contributed by atoms with Crippen LogP contribution in [0.5, 0.6) is 17.2 Å². The fourth-order valence-corrected chi connectivity index (χ4v) is 3.57. The molecule has 1 aliphatic heterocycles. The summed E-state index contributed by atoms with van der Waals surface area (Å²) in [4.78, 5) is 37.6. The van der Waals surface area contributed by atoms with Crippen LogP contribution in [-0.4, -0.2) is 29.0 Å². The number of benzene rings is 3. The molecule has 0 saturated carbocycles. The third kappa shape index (κ3) is 4.62. The molecule has 1 fully saturated rings. The number of hydrogen-bond donors (Lipinski definition) is 1. The molecule has 2 amide bonds. The standard InChI is InChI=1S/C24H17N3O6S/c1-32-21-12-7-15(14-20(21)27(30)31)13-19-22(28)25-24(34)26(23(19)29)16-8-10-18(11-9-16)33-17-5-3-2-4-6-17/h2-14H,1H3,(H,25,28,34). The summed E-state index contributed by atoms with van der Waals surface area (Å²) in [6, 6.07) is 19.9. The van der Waals surface area contributed by atoms with Crippen LogP contribution in [0.25, 0.3) is 6.08 Å². The van der Waals surface area contributed by atoms with Crippen molar-refractivity contribution in [3.8, 4) is 17.2 Å². The van der Waals surface area contributed by atoms with Crippen molar-refractivity contribution in [2.45, 2.75) is 0 Å². The second kappa shape index (κ2) is 9.51.